The molecule has 8 nitrogen and oxygen atoms in total. The van der Waals surface area contributed by atoms with Gasteiger partial charge in [-0.3, -0.25) is 14.2 Å². The Labute approximate surface area is 174 Å². The van der Waals surface area contributed by atoms with Gasteiger partial charge in [0.2, 0.25) is 15.9 Å². The van der Waals surface area contributed by atoms with E-state index in [0.29, 0.717) is 29.8 Å². The van der Waals surface area contributed by atoms with Crippen LogP contribution in [0.15, 0.2) is 64.4 Å². The van der Waals surface area contributed by atoms with E-state index in [0.717, 1.165) is 19.3 Å². The van der Waals surface area contributed by atoms with Crippen molar-refractivity contribution in [3.8, 4) is 0 Å². The van der Waals surface area contributed by atoms with Crippen molar-refractivity contribution in [2.75, 3.05) is 18.4 Å². The second-order valence-corrected chi connectivity index (χ2v) is 9.15. The first kappa shape index (κ1) is 20.2. The molecule has 1 amide bonds. The Morgan fingerprint density at radius 1 is 1.00 bits per heavy atom. The fraction of sp³-hybridized carbons (Fsp3) is 0.286. The van der Waals surface area contributed by atoms with Gasteiger partial charge in [-0.2, -0.15) is 4.31 Å². The summed E-state index contributed by atoms with van der Waals surface area (Å²) in [5.74, 6) is -0.389. The molecule has 1 aromatic heterocycles. The highest BCUT2D eigenvalue weighted by molar-refractivity contribution is 7.89. The summed E-state index contributed by atoms with van der Waals surface area (Å²) < 4.78 is 28.3. The van der Waals surface area contributed by atoms with Gasteiger partial charge < -0.3 is 5.32 Å². The Hall–Kier alpha value is -3.04. The number of hydrogen-bond acceptors (Lipinski definition) is 5. The Morgan fingerprint density at radius 2 is 1.70 bits per heavy atom. The summed E-state index contributed by atoms with van der Waals surface area (Å²) in [6, 6.07) is 13.2. The number of rotatable bonds is 5. The number of nitrogens with zero attached hydrogens (tertiary/aromatic N) is 3. The molecule has 30 heavy (non-hydrogen) atoms. The minimum absolute atomic E-state index is 0.171. The first-order valence-corrected chi connectivity index (χ1v) is 11.2. The summed E-state index contributed by atoms with van der Waals surface area (Å²) in [7, 11) is -3.52. The van der Waals surface area contributed by atoms with Gasteiger partial charge >= 0.3 is 0 Å². The third-order valence-corrected chi connectivity index (χ3v) is 7.06. The number of carbonyl (C=O) groups is 1. The van der Waals surface area contributed by atoms with Gasteiger partial charge in [-0.25, -0.2) is 13.4 Å². The van der Waals surface area contributed by atoms with Crippen molar-refractivity contribution < 1.29 is 13.2 Å². The Bertz CT molecular complexity index is 1230. The zero-order valence-corrected chi connectivity index (χ0v) is 17.1. The highest BCUT2D eigenvalue weighted by Crippen LogP contribution is 2.22. The molecule has 156 valence electrons. The van der Waals surface area contributed by atoms with Crippen LogP contribution in [0.2, 0.25) is 0 Å². The number of hydrogen-bond donors (Lipinski definition) is 1. The second-order valence-electron chi connectivity index (χ2n) is 7.21. The van der Waals surface area contributed by atoms with E-state index in [9.17, 15) is 18.0 Å². The second kappa shape index (κ2) is 8.37. The van der Waals surface area contributed by atoms with E-state index in [2.05, 4.69) is 10.3 Å². The van der Waals surface area contributed by atoms with Crippen molar-refractivity contribution in [1.29, 1.82) is 0 Å². The maximum atomic E-state index is 12.7. The van der Waals surface area contributed by atoms with Crippen LogP contribution in [0.25, 0.3) is 11.0 Å². The number of amides is 1. The van der Waals surface area contributed by atoms with E-state index in [1.165, 1.54) is 27.2 Å². The quantitative estimate of drug-likeness (QED) is 0.674. The molecule has 0 saturated carbocycles. The summed E-state index contributed by atoms with van der Waals surface area (Å²) in [5.41, 5.74) is 1.29. The van der Waals surface area contributed by atoms with Crippen LogP contribution in [0, 0.1) is 0 Å². The molecule has 3 aromatic rings. The number of para-hydroxylation sites is 2. The number of aromatic nitrogens is 2. The largest absolute Gasteiger partial charge is 0.325 e. The molecule has 0 aliphatic carbocycles. The van der Waals surface area contributed by atoms with E-state index in [4.69, 9.17) is 0 Å². The average molecular weight is 426 g/mol. The van der Waals surface area contributed by atoms with Crippen LogP contribution < -0.4 is 10.9 Å². The maximum Gasteiger partial charge on any atom is 0.269 e. The third kappa shape index (κ3) is 4.12. The van der Waals surface area contributed by atoms with Gasteiger partial charge in [0.15, 0.2) is 0 Å². The number of nitrogens with one attached hydrogen (secondary N) is 1. The molecule has 2 aromatic carbocycles. The lowest BCUT2D eigenvalue weighted by Gasteiger charge is -2.25. The van der Waals surface area contributed by atoms with Gasteiger partial charge in [-0.15, -0.1) is 0 Å². The van der Waals surface area contributed by atoms with Crippen LogP contribution in [-0.2, 0) is 21.4 Å². The fourth-order valence-electron chi connectivity index (χ4n) is 3.59. The Kier molecular flexibility index (Phi) is 5.65. The molecule has 0 bridgehead atoms. The van der Waals surface area contributed by atoms with Crippen LogP contribution in [0.1, 0.15) is 19.3 Å². The summed E-state index contributed by atoms with van der Waals surface area (Å²) in [6.45, 7) is 0.903. The topological polar surface area (TPSA) is 101 Å². The minimum atomic E-state index is -3.52. The van der Waals surface area contributed by atoms with Crippen LogP contribution >= 0.6 is 0 Å². The molecule has 1 fully saturated rings. The molecule has 2 heterocycles. The van der Waals surface area contributed by atoms with Crippen molar-refractivity contribution in [3.63, 3.8) is 0 Å². The van der Waals surface area contributed by atoms with Crippen LogP contribution in [0.3, 0.4) is 0 Å². The predicted molar refractivity (Wildman–Crippen MR) is 114 cm³/mol. The summed E-state index contributed by atoms with van der Waals surface area (Å²) in [5, 5.41) is 2.71. The lowest BCUT2D eigenvalue weighted by Crippen LogP contribution is -2.35. The van der Waals surface area contributed by atoms with Gasteiger partial charge in [0.1, 0.15) is 6.54 Å². The zero-order chi connectivity index (χ0) is 21.1. The lowest BCUT2D eigenvalue weighted by molar-refractivity contribution is -0.116. The van der Waals surface area contributed by atoms with E-state index in [1.54, 1.807) is 30.3 Å². The fourth-order valence-corrected chi connectivity index (χ4v) is 5.10. The molecule has 1 saturated heterocycles. The molecule has 1 aliphatic rings. The molecule has 0 spiro atoms. The molecular formula is C21H22N4O4S. The summed E-state index contributed by atoms with van der Waals surface area (Å²) in [4.78, 5) is 28.9. The predicted octanol–water partition coefficient (Wildman–Crippen LogP) is 2.21. The van der Waals surface area contributed by atoms with E-state index in [-0.39, 0.29) is 22.9 Å². The number of fused-ring (bicyclic) bond motifs is 1. The van der Waals surface area contributed by atoms with Crippen LogP contribution in [-0.4, -0.2) is 41.3 Å². The van der Waals surface area contributed by atoms with Crippen molar-refractivity contribution in [2.45, 2.75) is 30.7 Å². The van der Waals surface area contributed by atoms with Gasteiger partial charge in [0, 0.05) is 18.8 Å². The van der Waals surface area contributed by atoms with Gasteiger partial charge in [-0.05, 0) is 49.2 Å². The first-order valence-electron chi connectivity index (χ1n) is 9.80. The van der Waals surface area contributed by atoms with Gasteiger partial charge in [0.05, 0.1) is 22.1 Å². The number of sulfonamides is 1. The van der Waals surface area contributed by atoms with Crippen molar-refractivity contribution >= 4 is 32.7 Å². The normalized spacial score (nSPS) is 15.2. The monoisotopic (exact) mass is 426 g/mol. The first-order chi connectivity index (χ1) is 14.4. The average Bonchev–Trinajstić information content (AvgIpc) is 2.77. The molecule has 9 heteroatoms. The van der Waals surface area contributed by atoms with Crippen molar-refractivity contribution in [2.24, 2.45) is 0 Å². The van der Waals surface area contributed by atoms with Crippen molar-refractivity contribution in [3.05, 3.63) is 65.1 Å². The molecule has 0 atom stereocenters. The zero-order valence-electron chi connectivity index (χ0n) is 16.3. The minimum Gasteiger partial charge on any atom is -0.325 e. The highest BCUT2D eigenvalue weighted by atomic mass is 32.2. The molecule has 1 aliphatic heterocycles. The maximum absolute atomic E-state index is 12.7. The van der Waals surface area contributed by atoms with Crippen LogP contribution in [0.4, 0.5) is 5.69 Å². The number of anilines is 1. The molecule has 1 N–H and O–H groups in total. The van der Waals surface area contributed by atoms with E-state index in [1.807, 2.05) is 6.07 Å². The van der Waals surface area contributed by atoms with E-state index < -0.39 is 10.0 Å². The number of piperidine rings is 1. The number of benzene rings is 2. The smallest absolute Gasteiger partial charge is 0.269 e. The molecule has 0 radical (unpaired) electrons. The molecule has 0 unspecified atom stereocenters. The number of carbonyl (C=O) groups excluding carboxylic acids is 1. The Balaban J connectivity index is 1.48. The SMILES string of the molecule is O=C(Cn1c(=O)cnc2ccccc21)Nc1ccc(S(=O)(=O)N2CCCCC2)cc1. The third-order valence-electron chi connectivity index (χ3n) is 5.15. The summed E-state index contributed by atoms with van der Waals surface area (Å²) >= 11 is 0. The highest BCUT2D eigenvalue weighted by Gasteiger charge is 2.25. The molecular weight excluding hydrogens is 404 g/mol. The lowest BCUT2D eigenvalue weighted by atomic mass is 10.2. The van der Waals surface area contributed by atoms with Crippen molar-refractivity contribution in [1.82, 2.24) is 13.9 Å². The van der Waals surface area contributed by atoms with Gasteiger partial charge in [-0.1, -0.05) is 18.6 Å². The van der Waals surface area contributed by atoms with Gasteiger partial charge in [0.25, 0.3) is 5.56 Å². The standard InChI is InChI=1S/C21H22N4O4S/c26-20(15-25-19-7-3-2-6-18(19)22-14-21(25)27)23-16-8-10-17(11-9-16)30(28,29)24-12-4-1-5-13-24/h2-3,6-11,14H,1,4-5,12-13,15H2,(H,23,26). The van der Waals surface area contributed by atoms with E-state index >= 15 is 0 Å². The Morgan fingerprint density at radius 3 is 2.43 bits per heavy atom. The molecule has 4 rings (SSSR count). The van der Waals surface area contributed by atoms with Crippen LogP contribution in [0.5, 0.6) is 0 Å². The summed E-state index contributed by atoms with van der Waals surface area (Å²) in [6.07, 6.45) is 3.98.